The van der Waals surface area contributed by atoms with E-state index in [1.165, 1.54) is 0 Å². The number of rotatable bonds is 1. The highest BCUT2D eigenvalue weighted by Crippen LogP contribution is 2.22. The van der Waals surface area contributed by atoms with Gasteiger partial charge >= 0.3 is 0 Å². The summed E-state index contributed by atoms with van der Waals surface area (Å²) >= 11 is 1.68. The quantitative estimate of drug-likeness (QED) is 0.626. The van der Waals surface area contributed by atoms with Crippen LogP contribution in [0, 0.1) is 6.92 Å². The van der Waals surface area contributed by atoms with Crippen molar-refractivity contribution in [2.45, 2.75) is 6.92 Å². The van der Waals surface area contributed by atoms with E-state index >= 15 is 0 Å². The van der Waals surface area contributed by atoms with Crippen LogP contribution in [-0.2, 0) is 0 Å². The van der Waals surface area contributed by atoms with E-state index in [2.05, 4.69) is 21.4 Å². The first kappa shape index (κ1) is 8.55. The lowest BCUT2D eigenvalue weighted by atomic mass is 10.3. The number of thiophene rings is 1. The smallest absolute Gasteiger partial charge is 0.177 e. The van der Waals surface area contributed by atoms with Crippen molar-refractivity contribution in [2.75, 3.05) is 0 Å². The summed E-state index contributed by atoms with van der Waals surface area (Å²) in [5.41, 5.74) is 1.74. The summed E-state index contributed by atoms with van der Waals surface area (Å²) in [6, 6.07) is 7.97. The third-order valence-electron chi connectivity index (χ3n) is 2.19. The predicted molar refractivity (Wildman–Crippen MR) is 58.8 cm³/mol. The fraction of sp³-hybridized carbons (Fsp3) is 0.100. The van der Waals surface area contributed by atoms with Crippen LogP contribution in [0.15, 0.2) is 29.6 Å². The van der Waals surface area contributed by atoms with E-state index in [1.807, 2.05) is 30.5 Å². The predicted octanol–water partition coefficient (Wildman–Crippen LogP) is 2.16. The van der Waals surface area contributed by atoms with Crippen LogP contribution in [0.25, 0.3) is 16.2 Å². The number of aryl methyl sites for hydroxylation is 1. The van der Waals surface area contributed by atoms with Crippen molar-refractivity contribution >= 4 is 17.0 Å². The van der Waals surface area contributed by atoms with E-state index < -0.39 is 0 Å². The van der Waals surface area contributed by atoms with E-state index in [4.69, 9.17) is 0 Å². The Labute approximate surface area is 90.2 Å². The average Bonchev–Trinajstić information content (AvgIpc) is 2.88. The molecule has 74 valence electrons. The highest BCUT2D eigenvalue weighted by atomic mass is 32.1. The Morgan fingerprint density at radius 2 is 2.13 bits per heavy atom. The highest BCUT2D eigenvalue weighted by Gasteiger charge is 2.05. The maximum Gasteiger partial charge on any atom is 0.177 e. The first-order chi connectivity index (χ1) is 7.34. The van der Waals surface area contributed by atoms with Crippen LogP contribution >= 0.6 is 11.3 Å². The summed E-state index contributed by atoms with van der Waals surface area (Å²) in [7, 11) is 0. The van der Waals surface area contributed by atoms with Gasteiger partial charge in [-0.15, -0.1) is 21.5 Å². The number of hydrogen-bond acceptors (Lipinski definition) is 4. The van der Waals surface area contributed by atoms with Gasteiger partial charge in [0.05, 0.1) is 4.88 Å². The third kappa shape index (κ3) is 1.32. The van der Waals surface area contributed by atoms with Gasteiger partial charge in [0.15, 0.2) is 11.5 Å². The molecule has 0 aliphatic rings. The Morgan fingerprint density at radius 1 is 1.20 bits per heavy atom. The second kappa shape index (κ2) is 3.13. The molecule has 0 fully saturated rings. The molecule has 0 spiro atoms. The molecule has 0 amide bonds. The molecule has 3 heterocycles. The Kier molecular flexibility index (Phi) is 1.78. The van der Waals surface area contributed by atoms with Crippen molar-refractivity contribution in [2.24, 2.45) is 0 Å². The van der Waals surface area contributed by atoms with Crippen molar-refractivity contribution in [1.82, 2.24) is 19.8 Å². The number of aromatic nitrogens is 4. The van der Waals surface area contributed by atoms with Crippen molar-refractivity contribution in [3.63, 3.8) is 0 Å². The molecule has 3 aromatic rings. The van der Waals surface area contributed by atoms with Crippen LogP contribution in [0.4, 0.5) is 0 Å². The van der Waals surface area contributed by atoms with Gasteiger partial charge in [0.2, 0.25) is 0 Å². The fourth-order valence-corrected chi connectivity index (χ4v) is 2.14. The Morgan fingerprint density at radius 3 is 2.93 bits per heavy atom. The van der Waals surface area contributed by atoms with Crippen molar-refractivity contribution in [3.05, 3.63) is 35.5 Å². The lowest BCUT2D eigenvalue weighted by Crippen LogP contribution is -1.95. The zero-order chi connectivity index (χ0) is 10.3. The molecule has 0 radical (unpaired) electrons. The third-order valence-corrected chi connectivity index (χ3v) is 3.08. The van der Waals surface area contributed by atoms with Crippen LogP contribution in [-0.4, -0.2) is 19.8 Å². The molecule has 5 heteroatoms. The van der Waals surface area contributed by atoms with Gasteiger partial charge in [0.25, 0.3) is 0 Å². The van der Waals surface area contributed by atoms with E-state index in [9.17, 15) is 0 Å². The zero-order valence-corrected chi connectivity index (χ0v) is 8.90. The largest absolute Gasteiger partial charge is 0.197 e. The van der Waals surface area contributed by atoms with Gasteiger partial charge in [0.1, 0.15) is 5.69 Å². The molecule has 0 saturated carbocycles. The van der Waals surface area contributed by atoms with Crippen molar-refractivity contribution < 1.29 is 0 Å². The fourth-order valence-electron chi connectivity index (χ4n) is 1.45. The maximum atomic E-state index is 4.48. The lowest BCUT2D eigenvalue weighted by Gasteiger charge is -1.97. The SMILES string of the molecule is Cc1nnc2ccc(-c3cccs3)nn12. The average molecular weight is 216 g/mol. The molecular formula is C10H8N4S. The van der Waals surface area contributed by atoms with Gasteiger partial charge in [-0.05, 0) is 30.5 Å². The monoisotopic (exact) mass is 216 g/mol. The molecule has 15 heavy (non-hydrogen) atoms. The summed E-state index contributed by atoms with van der Waals surface area (Å²) < 4.78 is 1.76. The van der Waals surface area contributed by atoms with Crippen molar-refractivity contribution in [1.29, 1.82) is 0 Å². The highest BCUT2D eigenvalue weighted by molar-refractivity contribution is 7.13. The van der Waals surface area contributed by atoms with E-state index in [1.54, 1.807) is 15.9 Å². The summed E-state index contributed by atoms with van der Waals surface area (Å²) in [5.74, 6) is 0.809. The van der Waals surface area contributed by atoms with Gasteiger partial charge in [0, 0.05) is 0 Å². The molecule has 0 aromatic carbocycles. The normalized spacial score (nSPS) is 11.0. The van der Waals surface area contributed by atoms with Gasteiger partial charge in [-0.1, -0.05) is 6.07 Å². The first-order valence-electron chi connectivity index (χ1n) is 4.57. The van der Waals surface area contributed by atoms with Crippen LogP contribution in [0.3, 0.4) is 0 Å². The second-order valence-corrected chi connectivity index (χ2v) is 4.16. The van der Waals surface area contributed by atoms with Gasteiger partial charge in [-0.3, -0.25) is 0 Å². The molecule has 4 nitrogen and oxygen atoms in total. The number of nitrogens with zero attached hydrogens (tertiary/aromatic N) is 4. The molecule has 0 aliphatic heterocycles. The Bertz CT molecular complexity index is 597. The topological polar surface area (TPSA) is 43.1 Å². The minimum absolute atomic E-state index is 0.785. The van der Waals surface area contributed by atoms with Crippen LogP contribution in [0.5, 0.6) is 0 Å². The number of hydrogen-bond donors (Lipinski definition) is 0. The summed E-state index contributed by atoms with van der Waals surface area (Å²) in [4.78, 5) is 1.16. The number of fused-ring (bicyclic) bond motifs is 1. The molecular weight excluding hydrogens is 208 g/mol. The molecule has 0 aliphatic carbocycles. The van der Waals surface area contributed by atoms with Crippen LogP contribution in [0.1, 0.15) is 5.82 Å². The lowest BCUT2D eigenvalue weighted by molar-refractivity contribution is 0.881. The molecule has 3 rings (SSSR count). The zero-order valence-electron chi connectivity index (χ0n) is 8.08. The van der Waals surface area contributed by atoms with Gasteiger partial charge in [-0.25, -0.2) is 0 Å². The molecule has 0 saturated heterocycles. The van der Waals surface area contributed by atoms with E-state index in [0.29, 0.717) is 0 Å². The minimum atomic E-state index is 0.785. The molecule has 0 N–H and O–H groups in total. The summed E-state index contributed by atoms with van der Waals surface area (Å²) in [6.07, 6.45) is 0. The van der Waals surface area contributed by atoms with E-state index in [0.717, 1.165) is 22.0 Å². The summed E-state index contributed by atoms with van der Waals surface area (Å²) in [6.45, 7) is 1.89. The van der Waals surface area contributed by atoms with E-state index in [-0.39, 0.29) is 0 Å². The molecule has 0 unspecified atom stereocenters. The Balaban J connectivity index is 2.25. The molecule has 3 aromatic heterocycles. The second-order valence-electron chi connectivity index (χ2n) is 3.21. The Hall–Kier alpha value is -1.75. The minimum Gasteiger partial charge on any atom is -0.197 e. The van der Waals surface area contributed by atoms with Crippen molar-refractivity contribution in [3.8, 4) is 10.6 Å². The molecule has 0 atom stereocenters. The molecule has 0 bridgehead atoms. The van der Waals surface area contributed by atoms with Crippen LogP contribution in [0.2, 0.25) is 0 Å². The summed E-state index contributed by atoms with van der Waals surface area (Å²) in [5, 5.41) is 14.5. The van der Waals surface area contributed by atoms with Gasteiger partial charge in [-0.2, -0.15) is 9.61 Å². The first-order valence-corrected chi connectivity index (χ1v) is 5.45. The maximum absolute atomic E-state index is 4.48. The standard InChI is InChI=1S/C10H8N4S/c1-7-11-12-10-5-4-8(13-14(7)10)9-3-2-6-15-9/h2-6H,1H3. The van der Waals surface area contributed by atoms with Crippen LogP contribution < -0.4 is 0 Å². The van der Waals surface area contributed by atoms with Gasteiger partial charge < -0.3 is 0 Å².